The molecule has 0 aliphatic heterocycles. The van der Waals surface area contributed by atoms with Crippen molar-refractivity contribution in [3.05, 3.63) is 29.8 Å². The molecular weight excluding hydrogens is 178 g/mol. The van der Waals surface area contributed by atoms with Crippen LogP contribution in [0.4, 0.5) is 0 Å². The highest BCUT2D eigenvalue weighted by molar-refractivity contribution is 5.72. The zero-order chi connectivity index (χ0) is 10.4. The molecule has 0 spiro atoms. The summed E-state index contributed by atoms with van der Waals surface area (Å²) in [7, 11) is 1.50. The molecule has 0 unspecified atom stereocenters. The van der Waals surface area contributed by atoms with E-state index in [2.05, 4.69) is 0 Å². The van der Waals surface area contributed by atoms with Gasteiger partial charge >= 0.3 is 0 Å². The molecule has 1 rings (SSSR count). The zero-order valence-electron chi connectivity index (χ0n) is 8.54. The fourth-order valence-electron chi connectivity index (χ4n) is 1.07. The Bertz CT molecular complexity index is 310. The van der Waals surface area contributed by atoms with E-state index in [4.69, 9.17) is 14.9 Å². The summed E-state index contributed by atoms with van der Waals surface area (Å²) in [6, 6.07) is 7.83. The first-order valence-corrected chi connectivity index (χ1v) is 4.54. The van der Waals surface area contributed by atoms with Gasteiger partial charge < -0.3 is 9.47 Å². The smallest absolute Gasteiger partial charge is 0.183 e. The number of aryl methyl sites for hydroxylation is 1. The minimum atomic E-state index is 0.249. The predicted octanol–water partition coefficient (Wildman–Crippen LogP) is 2.39. The van der Waals surface area contributed by atoms with Crippen molar-refractivity contribution in [1.82, 2.24) is 0 Å². The van der Waals surface area contributed by atoms with Crippen LogP contribution < -0.4 is 4.74 Å². The van der Waals surface area contributed by atoms with Crippen LogP contribution in [-0.2, 0) is 4.74 Å². The normalized spacial score (nSPS) is 9.57. The summed E-state index contributed by atoms with van der Waals surface area (Å²) in [6.07, 6.45) is 0.505. The molecule has 0 fully saturated rings. The van der Waals surface area contributed by atoms with Gasteiger partial charge in [0.2, 0.25) is 0 Å². The molecule has 0 radical (unpaired) electrons. The average Bonchev–Trinajstić information content (AvgIpc) is 2.20. The number of ether oxygens (including phenoxy) is 2. The van der Waals surface area contributed by atoms with Crippen molar-refractivity contribution in [2.24, 2.45) is 0 Å². The third kappa shape index (κ3) is 3.09. The first-order chi connectivity index (χ1) is 6.74. The van der Waals surface area contributed by atoms with Crippen LogP contribution in [0.15, 0.2) is 24.3 Å². The van der Waals surface area contributed by atoms with Gasteiger partial charge in [-0.25, -0.2) is 0 Å². The number of benzene rings is 1. The third-order valence-corrected chi connectivity index (χ3v) is 1.93. The fourth-order valence-corrected chi connectivity index (χ4v) is 1.07. The molecule has 0 saturated carbocycles. The van der Waals surface area contributed by atoms with E-state index in [0.29, 0.717) is 13.0 Å². The van der Waals surface area contributed by atoms with E-state index >= 15 is 0 Å². The molecule has 0 aromatic heterocycles. The zero-order valence-corrected chi connectivity index (χ0v) is 8.54. The van der Waals surface area contributed by atoms with E-state index in [1.807, 2.05) is 31.2 Å². The molecule has 3 heteroatoms. The summed E-state index contributed by atoms with van der Waals surface area (Å²) in [4.78, 5) is 0. The van der Waals surface area contributed by atoms with Gasteiger partial charge in [-0.05, 0) is 18.6 Å². The lowest BCUT2D eigenvalue weighted by molar-refractivity contribution is 0.305. The van der Waals surface area contributed by atoms with Crippen LogP contribution >= 0.6 is 0 Å². The largest absolute Gasteiger partial charge is 0.493 e. The lowest BCUT2D eigenvalue weighted by Gasteiger charge is -2.08. The van der Waals surface area contributed by atoms with Gasteiger partial charge in [-0.3, -0.25) is 5.41 Å². The van der Waals surface area contributed by atoms with Gasteiger partial charge in [-0.2, -0.15) is 0 Å². The van der Waals surface area contributed by atoms with Crippen molar-refractivity contribution in [2.45, 2.75) is 13.3 Å². The molecule has 0 bridgehead atoms. The Labute approximate surface area is 84.2 Å². The molecule has 3 nitrogen and oxygen atoms in total. The van der Waals surface area contributed by atoms with Crippen LogP contribution in [0.1, 0.15) is 12.0 Å². The van der Waals surface area contributed by atoms with Crippen molar-refractivity contribution < 1.29 is 9.47 Å². The van der Waals surface area contributed by atoms with Crippen molar-refractivity contribution >= 4 is 5.90 Å². The number of para-hydroxylation sites is 1. The molecule has 0 saturated heterocycles. The van der Waals surface area contributed by atoms with Crippen molar-refractivity contribution in [3.8, 4) is 5.75 Å². The van der Waals surface area contributed by atoms with Crippen molar-refractivity contribution in [2.75, 3.05) is 13.7 Å². The summed E-state index contributed by atoms with van der Waals surface area (Å²) in [5.41, 5.74) is 1.11. The Balaban J connectivity index is 2.39. The number of hydrogen-bond donors (Lipinski definition) is 1. The molecule has 76 valence electrons. The minimum absolute atomic E-state index is 0.249. The molecule has 14 heavy (non-hydrogen) atoms. The molecule has 0 amide bonds. The monoisotopic (exact) mass is 193 g/mol. The van der Waals surface area contributed by atoms with E-state index in [0.717, 1.165) is 11.3 Å². The quantitative estimate of drug-likeness (QED) is 0.589. The molecule has 1 N–H and O–H groups in total. The Kier molecular flexibility index (Phi) is 3.98. The van der Waals surface area contributed by atoms with Crippen LogP contribution in [0, 0.1) is 12.3 Å². The molecule has 0 aliphatic rings. The number of rotatable bonds is 4. The summed E-state index contributed by atoms with van der Waals surface area (Å²) in [5, 5.41) is 7.25. The Morgan fingerprint density at radius 1 is 1.36 bits per heavy atom. The highest BCUT2D eigenvalue weighted by Crippen LogP contribution is 2.16. The molecule has 1 aromatic carbocycles. The molecule has 0 atom stereocenters. The standard InChI is InChI=1S/C11H15NO2/c1-9-5-3-4-6-10(9)14-8-7-11(12)13-2/h3-6,12H,7-8H2,1-2H3. The van der Waals surface area contributed by atoms with E-state index < -0.39 is 0 Å². The fraction of sp³-hybridized carbons (Fsp3) is 0.364. The number of hydrogen-bond acceptors (Lipinski definition) is 3. The van der Waals surface area contributed by atoms with E-state index in [-0.39, 0.29) is 5.90 Å². The highest BCUT2D eigenvalue weighted by atomic mass is 16.5. The first kappa shape index (κ1) is 10.6. The molecular formula is C11H15NO2. The third-order valence-electron chi connectivity index (χ3n) is 1.93. The Morgan fingerprint density at radius 2 is 2.07 bits per heavy atom. The maximum absolute atomic E-state index is 7.25. The maximum Gasteiger partial charge on any atom is 0.183 e. The topological polar surface area (TPSA) is 42.3 Å². The van der Waals surface area contributed by atoms with E-state index in [1.165, 1.54) is 7.11 Å². The van der Waals surface area contributed by atoms with Crippen molar-refractivity contribution in [1.29, 1.82) is 5.41 Å². The second-order valence-electron chi connectivity index (χ2n) is 2.99. The summed E-state index contributed by atoms with van der Waals surface area (Å²) in [6.45, 7) is 2.48. The predicted molar refractivity (Wildman–Crippen MR) is 56.0 cm³/mol. The maximum atomic E-state index is 7.25. The lowest BCUT2D eigenvalue weighted by Crippen LogP contribution is -2.07. The minimum Gasteiger partial charge on any atom is -0.493 e. The summed E-state index contributed by atoms with van der Waals surface area (Å²) >= 11 is 0. The Morgan fingerprint density at radius 3 is 2.71 bits per heavy atom. The van der Waals surface area contributed by atoms with Gasteiger partial charge in [0.25, 0.3) is 0 Å². The SMILES string of the molecule is COC(=N)CCOc1ccccc1C. The average molecular weight is 193 g/mol. The number of nitrogens with one attached hydrogen (secondary N) is 1. The van der Waals surface area contributed by atoms with Gasteiger partial charge in [-0.15, -0.1) is 0 Å². The lowest BCUT2D eigenvalue weighted by atomic mass is 10.2. The second kappa shape index (κ2) is 5.27. The van der Waals surface area contributed by atoms with Gasteiger partial charge in [-0.1, -0.05) is 18.2 Å². The second-order valence-corrected chi connectivity index (χ2v) is 2.99. The van der Waals surface area contributed by atoms with Gasteiger partial charge in [0.05, 0.1) is 20.1 Å². The Hall–Kier alpha value is -1.51. The van der Waals surface area contributed by atoms with Gasteiger partial charge in [0, 0.05) is 0 Å². The van der Waals surface area contributed by atoms with E-state index in [9.17, 15) is 0 Å². The van der Waals surface area contributed by atoms with Crippen LogP contribution in [0.25, 0.3) is 0 Å². The number of methoxy groups -OCH3 is 1. The summed E-state index contributed by atoms with van der Waals surface area (Å²) < 4.78 is 10.2. The summed E-state index contributed by atoms with van der Waals surface area (Å²) in [5.74, 6) is 1.12. The first-order valence-electron chi connectivity index (χ1n) is 4.54. The molecule has 0 aliphatic carbocycles. The van der Waals surface area contributed by atoms with Gasteiger partial charge in [0.1, 0.15) is 5.75 Å². The molecule has 1 aromatic rings. The van der Waals surface area contributed by atoms with Gasteiger partial charge in [0.15, 0.2) is 5.90 Å². The van der Waals surface area contributed by atoms with Crippen LogP contribution in [0.2, 0.25) is 0 Å². The highest BCUT2D eigenvalue weighted by Gasteiger charge is 1.99. The van der Waals surface area contributed by atoms with Crippen LogP contribution in [-0.4, -0.2) is 19.6 Å². The van der Waals surface area contributed by atoms with Crippen LogP contribution in [0.3, 0.4) is 0 Å². The van der Waals surface area contributed by atoms with E-state index in [1.54, 1.807) is 0 Å². The molecule has 0 heterocycles. The van der Waals surface area contributed by atoms with Crippen molar-refractivity contribution in [3.63, 3.8) is 0 Å². The van der Waals surface area contributed by atoms with Crippen LogP contribution in [0.5, 0.6) is 5.75 Å².